The molecule has 1 atom stereocenters. The van der Waals surface area contributed by atoms with Crippen molar-refractivity contribution in [2.45, 2.75) is 26.8 Å². The van der Waals surface area contributed by atoms with Crippen LogP contribution in [-0.2, 0) is 4.79 Å². The molecule has 2 rings (SSSR count). The molecule has 0 bridgehead atoms. The molecule has 0 saturated carbocycles. The Morgan fingerprint density at radius 3 is 2.25 bits per heavy atom. The van der Waals surface area contributed by atoms with Gasteiger partial charge in [-0.2, -0.15) is 0 Å². The molecule has 112 valence electrons. The van der Waals surface area contributed by atoms with Crippen LogP contribution in [0.25, 0.3) is 0 Å². The summed E-state index contributed by atoms with van der Waals surface area (Å²) in [5, 5.41) is 6.18. The minimum atomic E-state index is -0.258. The molecule has 1 amide bonds. The van der Waals surface area contributed by atoms with Crippen LogP contribution in [0.5, 0.6) is 0 Å². The third-order valence-corrected chi connectivity index (χ3v) is 3.51. The lowest BCUT2D eigenvalue weighted by Gasteiger charge is -2.35. The van der Waals surface area contributed by atoms with Crippen LogP contribution in [0.15, 0.2) is 24.3 Å². The predicted octanol–water partition coefficient (Wildman–Crippen LogP) is 2.67. The van der Waals surface area contributed by atoms with Gasteiger partial charge >= 0.3 is 0 Å². The quantitative estimate of drug-likeness (QED) is 0.901. The summed E-state index contributed by atoms with van der Waals surface area (Å²) in [4.78, 5) is 12.1. The lowest BCUT2D eigenvalue weighted by atomic mass is 9.82. The molecule has 1 aromatic carbocycles. The number of hydrogen-bond acceptors (Lipinski definition) is 2. The van der Waals surface area contributed by atoms with Gasteiger partial charge in [-0.15, -0.1) is 12.4 Å². The Bertz CT molecular complexity index is 452. The fourth-order valence-electron chi connectivity index (χ4n) is 2.19. The van der Waals surface area contributed by atoms with E-state index in [1.54, 1.807) is 12.1 Å². The monoisotopic (exact) mass is 300 g/mol. The summed E-state index contributed by atoms with van der Waals surface area (Å²) >= 11 is 0. The summed E-state index contributed by atoms with van der Waals surface area (Å²) in [5.41, 5.74) is 0.819. The van der Waals surface area contributed by atoms with Crippen LogP contribution >= 0.6 is 12.4 Å². The molecule has 0 aliphatic carbocycles. The average Bonchev–Trinajstić information content (AvgIpc) is 2.23. The molecule has 1 aromatic rings. The van der Waals surface area contributed by atoms with Crippen LogP contribution in [0.1, 0.15) is 32.4 Å². The van der Waals surface area contributed by atoms with Gasteiger partial charge in [-0.1, -0.05) is 32.9 Å². The van der Waals surface area contributed by atoms with Gasteiger partial charge in [0, 0.05) is 13.1 Å². The molecule has 5 heteroatoms. The maximum absolute atomic E-state index is 13.0. The van der Waals surface area contributed by atoms with Crippen LogP contribution in [0.2, 0.25) is 0 Å². The summed E-state index contributed by atoms with van der Waals surface area (Å²) in [6.45, 7) is 7.69. The third kappa shape index (κ3) is 3.93. The van der Waals surface area contributed by atoms with Gasteiger partial charge in [0.1, 0.15) is 5.82 Å². The highest BCUT2D eigenvalue weighted by Gasteiger charge is 2.32. The van der Waals surface area contributed by atoms with E-state index in [2.05, 4.69) is 31.4 Å². The topological polar surface area (TPSA) is 41.1 Å². The number of amides is 1. The predicted molar refractivity (Wildman–Crippen MR) is 80.3 cm³/mol. The largest absolute Gasteiger partial charge is 0.348 e. The van der Waals surface area contributed by atoms with Crippen LogP contribution in [0, 0.1) is 17.2 Å². The molecule has 3 nitrogen and oxygen atoms in total. The highest BCUT2D eigenvalue weighted by atomic mass is 35.5. The van der Waals surface area contributed by atoms with E-state index in [1.165, 1.54) is 12.1 Å². The Kier molecular flexibility index (Phi) is 5.54. The summed E-state index contributed by atoms with van der Waals surface area (Å²) < 4.78 is 13.0. The smallest absolute Gasteiger partial charge is 0.226 e. The summed E-state index contributed by atoms with van der Waals surface area (Å²) in [5.74, 6) is -0.126. The number of carbonyl (C=O) groups excluding carboxylic acids is 1. The van der Waals surface area contributed by atoms with E-state index in [9.17, 15) is 9.18 Å². The second-order valence-electron chi connectivity index (χ2n) is 6.21. The van der Waals surface area contributed by atoms with Crippen molar-refractivity contribution in [3.63, 3.8) is 0 Å². The molecule has 0 radical (unpaired) electrons. The molecular weight excluding hydrogens is 279 g/mol. The Balaban J connectivity index is 0.00000200. The van der Waals surface area contributed by atoms with Crippen LogP contribution in [0.3, 0.4) is 0 Å². The van der Waals surface area contributed by atoms with E-state index in [-0.39, 0.29) is 41.5 Å². The summed E-state index contributed by atoms with van der Waals surface area (Å²) in [6.07, 6.45) is 0. The minimum absolute atomic E-state index is 0. The fourth-order valence-corrected chi connectivity index (χ4v) is 2.19. The molecule has 1 heterocycles. The minimum Gasteiger partial charge on any atom is -0.348 e. The Morgan fingerprint density at radius 2 is 1.85 bits per heavy atom. The van der Waals surface area contributed by atoms with Crippen molar-refractivity contribution >= 4 is 18.3 Å². The van der Waals surface area contributed by atoms with Crippen molar-refractivity contribution < 1.29 is 9.18 Å². The highest BCUT2D eigenvalue weighted by Crippen LogP contribution is 2.33. The maximum Gasteiger partial charge on any atom is 0.226 e. The lowest BCUT2D eigenvalue weighted by Crippen LogP contribution is -2.52. The first-order valence-electron chi connectivity index (χ1n) is 6.64. The molecule has 1 saturated heterocycles. The number of carbonyl (C=O) groups is 1. The number of halogens is 2. The van der Waals surface area contributed by atoms with Gasteiger partial charge in [0.2, 0.25) is 5.91 Å². The van der Waals surface area contributed by atoms with Crippen LogP contribution < -0.4 is 10.6 Å². The summed E-state index contributed by atoms with van der Waals surface area (Å²) in [6, 6.07) is 6.24. The summed E-state index contributed by atoms with van der Waals surface area (Å²) in [7, 11) is 0. The van der Waals surface area contributed by atoms with E-state index < -0.39 is 0 Å². The van der Waals surface area contributed by atoms with Gasteiger partial charge in [-0.05, 0) is 23.1 Å². The molecule has 1 aliphatic heterocycles. The number of nitrogens with one attached hydrogen (secondary N) is 2. The second kappa shape index (κ2) is 6.55. The fraction of sp³-hybridized carbons (Fsp3) is 0.533. The molecule has 1 aliphatic rings. The lowest BCUT2D eigenvalue weighted by molar-refractivity contribution is -0.128. The third-order valence-electron chi connectivity index (χ3n) is 3.51. The zero-order valence-electron chi connectivity index (χ0n) is 12.1. The standard InChI is InChI=1S/C15H21FN2O.ClH/c1-15(2,3)13(10-4-6-12(16)7-5-10)18-14(19)11-8-17-9-11;/h4-7,11,13,17H,8-9H2,1-3H3,(H,18,19);1H. The first kappa shape index (κ1) is 16.9. The first-order chi connectivity index (χ1) is 8.88. The molecule has 0 spiro atoms. The van der Waals surface area contributed by atoms with Crippen molar-refractivity contribution in [1.29, 1.82) is 0 Å². The van der Waals surface area contributed by atoms with Crippen LogP contribution in [-0.4, -0.2) is 19.0 Å². The van der Waals surface area contributed by atoms with E-state index in [4.69, 9.17) is 0 Å². The Morgan fingerprint density at radius 1 is 1.30 bits per heavy atom. The normalized spacial score (nSPS) is 16.8. The van der Waals surface area contributed by atoms with Crippen molar-refractivity contribution in [3.05, 3.63) is 35.6 Å². The van der Waals surface area contributed by atoms with Crippen LogP contribution in [0.4, 0.5) is 4.39 Å². The molecular formula is C15H22ClFN2O. The van der Waals surface area contributed by atoms with Gasteiger partial charge in [-0.25, -0.2) is 4.39 Å². The number of rotatable bonds is 3. The van der Waals surface area contributed by atoms with Crippen molar-refractivity contribution in [2.24, 2.45) is 11.3 Å². The molecule has 20 heavy (non-hydrogen) atoms. The van der Waals surface area contributed by atoms with E-state index in [0.29, 0.717) is 0 Å². The van der Waals surface area contributed by atoms with E-state index in [0.717, 1.165) is 18.7 Å². The maximum atomic E-state index is 13.0. The van der Waals surface area contributed by atoms with E-state index in [1.807, 2.05) is 0 Å². The zero-order chi connectivity index (χ0) is 14.0. The average molecular weight is 301 g/mol. The second-order valence-corrected chi connectivity index (χ2v) is 6.21. The molecule has 2 N–H and O–H groups in total. The van der Waals surface area contributed by atoms with Crippen molar-refractivity contribution in [1.82, 2.24) is 10.6 Å². The van der Waals surface area contributed by atoms with E-state index >= 15 is 0 Å². The van der Waals surface area contributed by atoms with Gasteiger partial charge < -0.3 is 10.6 Å². The van der Waals surface area contributed by atoms with Gasteiger partial charge in [-0.3, -0.25) is 4.79 Å². The van der Waals surface area contributed by atoms with Crippen molar-refractivity contribution in [2.75, 3.05) is 13.1 Å². The number of benzene rings is 1. The first-order valence-corrected chi connectivity index (χ1v) is 6.64. The number of hydrogen-bond donors (Lipinski definition) is 2. The molecule has 1 fully saturated rings. The van der Waals surface area contributed by atoms with Gasteiger partial charge in [0.25, 0.3) is 0 Å². The SMILES string of the molecule is CC(C)(C)C(NC(=O)C1CNC1)c1ccc(F)cc1.Cl. The van der Waals surface area contributed by atoms with Crippen molar-refractivity contribution in [3.8, 4) is 0 Å². The molecule has 1 unspecified atom stereocenters. The highest BCUT2D eigenvalue weighted by molar-refractivity contribution is 5.85. The van der Waals surface area contributed by atoms with Gasteiger partial charge in [0.05, 0.1) is 12.0 Å². The Labute approximate surface area is 125 Å². The Hall–Kier alpha value is -1.13. The zero-order valence-corrected chi connectivity index (χ0v) is 12.9. The van der Waals surface area contributed by atoms with Gasteiger partial charge in [0.15, 0.2) is 0 Å². The molecule has 0 aromatic heterocycles.